The molecule has 0 unspecified atom stereocenters. The van der Waals surface area contributed by atoms with E-state index < -0.39 is 5.54 Å². The number of anilines is 2. The molecule has 1 aromatic rings. The van der Waals surface area contributed by atoms with E-state index in [1.807, 2.05) is 38.1 Å². The highest BCUT2D eigenvalue weighted by molar-refractivity contribution is 6.15. The largest absolute Gasteiger partial charge is 0.376 e. The van der Waals surface area contributed by atoms with Crippen LogP contribution in [0.25, 0.3) is 0 Å². The minimum absolute atomic E-state index is 0.0589. The average Bonchev–Trinajstić information content (AvgIpc) is 2.54. The van der Waals surface area contributed by atoms with Crippen LogP contribution >= 0.6 is 0 Å². The Hall–Kier alpha value is -1.92. The topological polar surface area (TPSA) is 61.9 Å². The lowest BCUT2D eigenvalue weighted by molar-refractivity contribution is -0.131. The number of nitrogens with zero attached hydrogens (tertiary/aromatic N) is 2. The van der Waals surface area contributed by atoms with Crippen molar-refractivity contribution in [3.63, 3.8) is 0 Å². The zero-order valence-corrected chi connectivity index (χ0v) is 14.7. The van der Waals surface area contributed by atoms with Gasteiger partial charge in [0.2, 0.25) is 11.8 Å². The van der Waals surface area contributed by atoms with Crippen LogP contribution in [0.3, 0.4) is 0 Å². The van der Waals surface area contributed by atoms with Gasteiger partial charge in [-0.2, -0.15) is 0 Å². The van der Waals surface area contributed by atoms with Crippen LogP contribution < -0.4 is 10.2 Å². The number of fused-ring (bicyclic) bond motifs is 1. The molecule has 2 atom stereocenters. The van der Waals surface area contributed by atoms with Gasteiger partial charge in [0.25, 0.3) is 0 Å². The molecule has 6 heteroatoms. The number of ether oxygens (including phenoxy) is 1. The number of carbonyl (C=O) groups is 2. The molecule has 2 aliphatic heterocycles. The number of carbonyl (C=O) groups excluding carboxylic acids is 2. The molecular weight excluding hydrogens is 306 g/mol. The average molecular weight is 331 g/mol. The number of amides is 2. The first kappa shape index (κ1) is 16.9. The third-order valence-corrected chi connectivity index (χ3v) is 4.91. The normalized spacial score (nSPS) is 24.9. The van der Waals surface area contributed by atoms with Crippen molar-refractivity contribution in [3.05, 3.63) is 24.3 Å². The van der Waals surface area contributed by atoms with Gasteiger partial charge >= 0.3 is 0 Å². The lowest BCUT2D eigenvalue weighted by atomic mass is 9.95. The van der Waals surface area contributed by atoms with Crippen LogP contribution in [0.1, 0.15) is 27.7 Å². The van der Waals surface area contributed by atoms with Crippen LogP contribution in [0.2, 0.25) is 0 Å². The molecule has 1 saturated heterocycles. The third kappa shape index (κ3) is 2.80. The molecule has 0 aromatic heterocycles. The van der Waals surface area contributed by atoms with Crippen molar-refractivity contribution in [1.29, 1.82) is 0 Å². The van der Waals surface area contributed by atoms with Crippen LogP contribution in [0, 0.1) is 0 Å². The minimum Gasteiger partial charge on any atom is -0.376 e. The van der Waals surface area contributed by atoms with E-state index in [0.29, 0.717) is 12.3 Å². The van der Waals surface area contributed by atoms with E-state index in [1.54, 1.807) is 18.7 Å². The van der Waals surface area contributed by atoms with Gasteiger partial charge < -0.3 is 10.1 Å². The van der Waals surface area contributed by atoms with Gasteiger partial charge in [0, 0.05) is 13.1 Å². The maximum atomic E-state index is 13.3. The lowest BCUT2D eigenvalue weighted by Crippen LogP contribution is -2.63. The predicted molar refractivity (Wildman–Crippen MR) is 93.1 cm³/mol. The van der Waals surface area contributed by atoms with Crippen LogP contribution in [0.5, 0.6) is 0 Å². The zero-order valence-electron chi connectivity index (χ0n) is 14.7. The first-order valence-electron chi connectivity index (χ1n) is 8.42. The monoisotopic (exact) mass is 331 g/mol. The first-order valence-corrected chi connectivity index (χ1v) is 8.42. The van der Waals surface area contributed by atoms with E-state index in [-0.39, 0.29) is 24.0 Å². The summed E-state index contributed by atoms with van der Waals surface area (Å²) in [5.41, 5.74) is 0.496. The van der Waals surface area contributed by atoms with Crippen LogP contribution in [0.4, 0.5) is 11.4 Å². The van der Waals surface area contributed by atoms with Crippen molar-refractivity contribution in [3.8, 4) is 0 Å². The summed E-state index contributed by atoms with van der Waals surface area (Å²) in [7, 11) is 0. The second-order valence-corrected chi connectivity index (χ2v) is 7.06. The molecule has 1 N–H and O–H groups in total. The van der Waals surface area contributed by atoms with Crippen molar-refractivity contribution >= 4 is 23.2 Å². The Bertz CT molecular complexity index is 659. The van der Waals surface area contributed by atoms with Gasteiger partial charge in [-0.25, -0.2) is 0 Å². The third-order valence-electron chi connectivity index (χ3n) is 4.91. The summed E-state index contributed by atoms with van der Waals surface area (Å²) in [6, 6.07) is 7.13. The van der Waals surface area contributed by atoms with E-state index in [1.165, 1.54) is 0 Å². The number of hydrogen-bond acceptors (Lipinski definition) is 4. The smallest absolute Gasteiger partial charge is 0.250 e. The van der Waals surface area contributed by atoms with E-state index in [4.69, 9.17) is 4.74 Å². The second-order valence-electron chi connectivity index (χ2n) is 7.06. The van der Waals surface area contributed by atoms with Crippen molar-refractivity contribution in [1.82, 2.24) is 4.90 Å². The van der Waals surface area contributed by atoms with Gasteiger partial charge in [-0.1, -0.05) is 12.1 Å². The Balaban J connectivity index is 1.93. The summed E-state index contributed by atoms with van der Waals surface area (Å²) in [5, 5.41) is 2.89. The van der Waals surface area contributed by atoms with Crippen molar-refractivity contribution in [2.75, 3.05) is 29.9 Å². The molecule has 130 valence electrons. The van der Waals surface area contributed by atoms with E-state index in [9.17, 15) is 9.59 Å². The molecule has 2 aliphatic rings. The van der Waals surface area contributed by atoms with Crippen LogP contribution in [-0.2, 0) is 14.3 Å². The van der Waals surface area contributed by atoms with Gasteiger partial charge in [0.15, 0.2) is 0 Å². The highest BCUT2D eigenvalue weighted by Gasteiger charge is 2.45. The Morgan fingerprint density at radius 3 is 2.79 bits per heavy atom. The molecule has 24 heavy (non-hydrogen) atoms. The summed E-state index contributed by atoms with van der Waals surface area (Å²) in [6.45, 7) is 9.55. The number of hydrogen-bond donors (Lipinski definition) is 1. The molecule has 0 aliphatic carbocycles. The Kier molecular flexibility index (Phi) is 4.36. The minimum atomic E-state index is -0.933. The Morgan fingerprint density at radius 1 is 1.38 bits per heavy atom. The first-order chi connectivity index (χ1) is 11.3. The summed E-state index contributed by atoms with van der Waals surface area (Å²) >= 11 is 0. The van der Waals surface area contributed by atoms with Gasteiger partial charge in [-0.05, 0) is 39.8 Å². The summed E-state index contributed by atoms with van der Waals surface area (Å²) < 4.78 is 5.57. The molecule has 1 aromatic carbocycles. The molecule has 0 saturated carbocycles. The maximum absolute atomic E-state index is 13.3. The van der Waals surface area contributed by atoms with Crippen LogP contribution in [0.15, 0.2) is 24.3 Å². The number of para-hydroxylation sites is 2. The molecular formula is C18H25N3O3. The number of morpholine rings is 1. The maximum Gasteiger partial charge on any atom is 0.250 e. The fourth-order valence-corrected chi connectivity index (χ4v) is 3.39. The fourth-order valence-electron chi connectivity index (χ4n) is 3.39. The van der Waals surface area contributed by atoms with E-state index in [0.717, 1.165) is 18.8 Å². The predicted octanol–water partition coefficient (Wildman–Crippen LogP) is 1.86. The van der Waals surface area contributed by atoms with Gasteiger partial charge in [0.05, 0.1) is 30.1 Å². The number of benzene rings is 1. The Morgan fingerprint density at radius 2 is 2.08 bits per heavy atom. The van der Waals surface area contributed by atoms with Crippen molar-refractivity contribution < 1.29 is 14.3 Å². The standard InChI is InChI=1S/C18H25N3O3/c1-12-11-20(9-10-24-12)13(2)16(22)21-15-8-6-5-7-14(15)19-17(23)18(21,3)4/h5-8,12-13H,9-11H2,1-4H3,(H,19,23)/t12-,13+/m1/s1. The number of rotatable bonds is 2. The molecule has 0 bridgehead atoms. The van der Waals surface area contributed by atoms with Crippen molar-refractivity contribution in [2.24, 2.45) is 0 Å². The summed E-state index contributed by atoms with van der Waals surface area (Å²) in [4.78, 5) is 29.6. The quantitative estimate of drug-likeness (QED) is 0.898. The zero-order chi connectivity index (χ0) is 17.5. The van der Waals surface area contributed by atoms with E-state index >= 15 is 0 Å². The van der Waals surface area contributed by atoms with E-state index in [2.05, 4.69) is 10.2 Å². The fraction of sp³-hybridized carbons (Fsp3) is 0.556. The van der Waals surface area contributed by atoms with Crippen molar-refractivity contribution in [2.45, 2.75) is 45.4 Å². The molecule has 2 heterocycles. The molecule has 2 amide bonds. The molecule has 0 radical (unpaired) electrons. The molecule has 6 nitrogen and oxygen atoms in total. The van der Waals surface area contributed by atoms with Crippen LogP contribution in [-0.4, -0.2) is 54.1 Å². The highest BCUT2D eigenvalue weighted by Crippen LogP contribution is 2.37. The SMILES string of the molecule is C[C@@H]1CN([C@@H](C)C(=O)N2c3ccccc3NC(=O)C2(C)C)CCO1. The number of nitrogens with one attached hydrogen (secondary N) is 1. The summed E-state index contributed by atoms with van der Waals surface area (Å²) in [5.74, 6) is -0.228. The Labute approximate surface area is 142 Å². The van der Waals surface area contributed by atoms with Gasteiger partial charge in [-0.15, -0.1) is 0 Å². The summed E-state index contributed by atoms with van der Waals surface area (Å²) in [6.07, 6.45) is 0.110. The molecule has 3 rings (SSSR count). The highest BCUT2D eigenvalue weighted by atomic mass is 16.5. The molecule has 1 fully saturated rings. The molecule has 0 spiro atoms. The van der Waals surface area contributed by atoms with Gasteiger partial charge in [-0.3, -0.25) is 19.4 Å². The second kappa shape index (κ2) is 6.18. The van der Waals surface area contributed by atoms with Gasteiger partial charge in [0.1, 0.15) is 5.54 Å². The lowest BCUT2D eigenvalue weighted by Gasteiger charge is -2.45.